The Bertz CT molecular complexity index is 1230. The highest BCUT2D eigenvalue weighted by Crippen LogP contribution is 2.33. The molecule has 156 valence electrons. The van der Waals surface area contributed by atoms with Crippen molar-refractivity contribution in [3.05, 3.63) is 100 Å². The van der Waals surface area contributed by atoms with Crippen molar-refractivity contribution < 1.29 is 9.18 Å². The summed E-state index contributed by atoms with van der Waals surface area (Å²) in [5.74, 6) is -1.12. The van der Waals surface area contributed by atoms with E-state index in [2.05, 4.69) is 15.4 Å². The zero-order valence-electron chi connectivity index (χ0n) is 15.9. The second-order valence-electron chi connectivity index (χ2n) is 6.48. The number of rotatable bonds is 6. The molecule has 9 heteroatoms. The summed E-state index contributed by atoms with van der Waals surface area (Å²) in [5.41, 5.74) is 1.48. The van der Waals surface area contributed by atoms with Gasteiger partial charge in [-0.25, -0.2) is 9.07 Å². The Balaban J connectivity index is 1.57. The van der Waals surface area contributed by atoms with E-state index in [1.807, 2.05) is 24.3 Å². The molecule has 0 unspecified atom stereocenters. The van der Waals surface area contributed by atoms with Crippen molar-refractivity contribution in [3.8, 4) is 0 Å². The number of hydrogen-bond acceptors (Lipinski definition) is 4. The Morgan fingerprint density at radius 3 is 2.48 bits per heavy atom. The minimum absolute atomic E-state index is 0.0312. The van der Waals surface area contributed by atoms with Crippen molar-refractivity contribution in [2.45, 2.75) is 16.6 Å². The average Bonchev–Trinajstić information content (AvgIpc) is 3.10. The SMILES string of the molecule is O=C(Nc1ccccc1Sc1nc(Cl)nn1Cc1ccc(Cl)cc1)c1ccccc1F. The van der Waals surface area contributed by atoms with Crippen LogP contribution < -0.4 is 5.32 Å². The average molecular weight is 473 g/mol. The molecule has 31 heavy (non-hydrogen) atoms. The molecule has 1 amide bonds. The van der Waals surface area contributed by atoms with Crippen LogP contribution in [0.5, 0.6) is 0 Å². The number of nitrogens with zero attached hydrogens (tertiary/aromatic N) is 3. The number of carbonyl (C=O) groups is 1. The van der Waals surface area contributed by atoms with Crippen LogP contribution in [-0.2, 0) is 6.54 Å². The van der Waals surface area contributed by atoms with E-state index in [0.717, 1.165) is 5.56 Å². The molecule has 0 atom stereocenters. The van der Waals surface area contributed by atoms with Crippen molar-refractivity contribution in [2.75, 3.05) is 5.32 Å². The number of para-hydroxylation sites is 1. The number of aromatic nitrogens is 3. The van der Waals surface area contributed by atoms with Crippen LogP contribution in [0, 0.1) is 5.82 Å². The molecular weight excluding hydrogens is 458 g/mol. The highest BCUT2D eigenvalue weighted by molar-refractivity contribution is 7.99. The summed E-state index contributed by atoms with van der Waals surface area (Å²) < 4.78 is 15.6. The second-order valence-corrected chi connectivity index (χ2v) is 8.26. The molecule has 4 aromatic rings. The van der Waals surface area contributed by atoms with Crippen molar-refractivity contribution in [3.63, 3.8) is 0 Å². The van der Waals surface area contributed by atoms with Gasteiger partial charge in [-0.2, -0.15) is 4.98 Å². The van der Waals surface area contributed by atoms with E-state index >= 15 is 0 Å². The molecule has 0 aliphatic rings. The summed E-state index contributed by atoms with van der Waals surface area (Å²) in [6.07, 6.45) is 0. The number of carbonyl (C=O) groups excluding carboxylic acids is 1. The van der Waals surface area contributed by atoms with Crippen LogP contribution in [0.15, 0.2) is 82.8 Å². The number of amides is 1. The highest BCUT2D eigenvalue weighted by atomic mass is 35.5. The van der Waals surface area contributed by atoms with Crippen LogP contribution >= 0.6 is 35.0 Å². The van der Waals surface area contributed by atoms with Crippen molar-refractivity contribution in [1.82, 2.24) is 14.8 Å². The van der Waals surface area contributed by atoms with Gasteiger partial charge < -0.3 is 5.32 Å². The Labute approximate surface area is 192 Å². The smallest absolute Gasteiger partial charge is 0.258 e. The van der Waals surface area contributed by atoms with Gasteiger partial charge in [-0.15, -0.1) is 5.10 Å². The fourth-order valence-corrected chi connectivity index (χ4v) is 4.10. The number of hydrogen-bond donors (Lipinski definition) is 1. The van der Waals surface area contributed by atoms with E-state index < -0.39 is 11.7 Å². The molecule has 1 heterocycles. The number of nitrogens with one attached hydrogen (secondary N) is 1. The molecule has 1 aromatic heterocycles. The van der Waals surface area contributed by atoms with Gasteiger partial charge in [0.1, 0.15) is 5.82 Å². The van der Waals surface area contributed by atoms with Crippen LogP contribution in [0.1, 0.15) is 15.9 Å². The molecule has 0 fully saturated rings. The lowest BCUT2D eigenvalue weighted by atomic mass is 10.2. The maximum atomic E-state index is 14.0. The van der Waals surface area contributed by atoms with Gasteiger partial charge in [0.2, 0.25) is 5.28 Å². The minimum Gasteiger partial charge on any atom is -0.321 e. The first kappa shape index (κ1) is 21.4. The van der Waals surface area contributed by atoms with Crippen molar-refractivity contribution in [2.24, 2.45) is 0 Å². The predicted octanol–water partition coefficient (Wildman–Crippen LogP) is 6.18. The molecule has 4 rings (SSSR count). The molecule has 0 saturated carbocycles. The topological polar surface area (TPSA) is 59.8 Å². The number of benzene rings is 3. The van der Waals surface area contributed by atoms with Crippen molar-refractivity contribution in [1.29, 1.82) is 0 Å². The van der Waals surface area contributed by atoms with Gasteiger partial charge >= 0.3 is 0 Å². The van der Waals surface area contributed by atoms with E-state index in [1.165, 1.54) is 30.0 Å². The first-order chi connectivity index (χ1) is 15.0. The lowest BCUT2D eigenvalue weighted by Crippen LogP contribution is -2.14. The van der Waals surface area contributed by atoms with E-state index in [-0.39, 0.29) is 10.8 Å². The van der Waals surface area contributed by atoms with Crippen LogP contribution in [-0.4, -0.2) is 20.7 Å². The largest absolute Gasteiger partial charge is 0.321 e. The monoisotopic (exact) mass is 472 g/mol. The standard InChI is InChI=1S/C22H15Cl2FN4OS/c23-15-11-9-14(10-12-15)13-29-22(27-21(24)28-29)31-19-8-4-3-7-18(19)26-20(30)16-5-1-2-6-17(16)25/h1-12H,13H2,(H,26,30). The van der Waals surface area contributed by atoms with Gasteiger partial charge in [-0.1, -0.05) is 48.0 Å². The van der Waals surface area contributed by atoms with Gasteiger partial charge in [0.05, 0.1) is 17.8 Å². The Morgan fingerprint density at radius 1 is 1.00 bits per heavy atom. The highest BCUT2D eigenvalue weighted by Gasteiger charge is 2.16. The Morgan fingerprint density at radius 2 is 1.71 bits per heavy atom. The lowest BCUT2D eigenvalue weighted by Gasteiger charge is -2.11. The van der Waals surface area contributed by atoms with Crippen LogP contribution in [0.3, 0.4) is 0 Å². The maximum Gasteiger partial charge on any atom is 0.258 e. The molecule has 5 nitrogen and oxygen atoms in total. The summed E-state index contributed by atoms with van der Waals surface area (Å²) in [5, 5.41) is 8.33. The van der Waals surface area contributed by atoms with Crippen LogP contribution in [0.25, 0.3) is 0 Å². The van der Waals surface area contributed by atoms with E-state index in [4.69, 9.17) is 23.2 Å². The third-order valence-corrected chi connectivity index (χ3v) is 5.79. The lowest BCUT2D eigenvalue weighted by molar-refractivity contribution is 0.102. The van der Waals surface area contributed by atoms with Crippen LogP contribution in [0.4, 0.5) is 10.1 Å². The van der Waals surface area contributed by atoms with Gasteiger partial charge in [0.25, 0.3) is 5.91 Å². The molecule has 0 aliphatic heterocycles. The van der Waals surface area contributed by atoms with Crippen LogP contribution in [0.2, 0.25) is 10.3 Å². The fraction of sp³-hybridized carbons (Fsp3) is 0.0455. The zero-order valence-corrected chi connectivity index (χ0v) is 18.3. The second kappa shape index (κ2) is 9.51. The molecule has 0 radical (unpaired) electrons. The molecule has 0 saturated heterocycles. The molecule has 0 spiro atoms. The Hall–Kier alpha value is -2.87. The summed E-state index contributed by atoms with van der Waals surface area (Å²) in [7, 11) is 0. The molecule has 1 N–H and O–H groups in total. The number of halogens is 3. The van der Waals surface area contributed by atoms with E-state index in [9.17, 15) is 9.18 Å². The molecule has 3 aromatic carbocycles. The summed E-state index contributed by atoms with van der Waals surface area (Å²) in [4.78, 5) is 17.6. The van der Waals surface area contributed by atoms with E-state index in [1.54, 1.807) is 35.0 Å². The van der Waals surface area contributed by atoms with Gasteiger partial charge in [0.15, 0.2) is 5.16 Å². The van der Waals surface area contributed by atoms with Gasteiger partial charge in [-0.3, -0.25) is 4.79 Å². The minimum atomic E-state index is -0.584. The molecule has 0 bridgehead atoms. The van der Waals surface area contributed by atoms with E-state index in [0.29, 0.717) is 27.3 Å². The van der Waals surface area contributed by atoms with Gasteiger partial charge in [-0.05, 0) is 65.3 Å². The quantitative estimate of drug-likeness (QED) is 0.364. The predicted molar refractivity (Wildman–Crippen MR) is 121 cm³/mol. The summed E-state index contributed by atoms with van der Waals surface area (Å²) in [6, 6.07) is 20.4. The third-order valence-electron chi connectivity index (χ3n) is 4.31. The fourth-order valence-electron chi connectivity index (χ4n) is 2.83. The third kappa shape index (κ3) is 5.25. The Kier molecular flexibility index (Phi) is 6.56. The number of anilines is 1. The zero-order chi connectivity index (χ0) is 21.8. The summed E-state index contributed by atoms with van der Waals surface area (Å²) >= 11 is 13.3. The maximum absolute atomic E-state index is 14.0. The molecule has 0 aliphatic carbocycles. The van der Waals surface area contributed by atoms with Crippen molar-refractivity contribution >= 4 is 46.6 Å². The first-order valence-corrected chi connectivity index (χ1v) is 10.7. The normalized spacial score (nSPS) is 10.8. The first-order valence-electron chi connectivity index (χ1n) is 9.17. The molecular formula is C22H15Cl2FN4OS. The summed E-state index contributed by atoms with van der Waals surface area (Å²) in [6.45, 7) is 0.447. The van der Waals surface area contributed by atoms with Gasteiger partial charge in [0, 0.05) is 9.92 Å².